The van der Waals surface area contributed by atoms with Crippen LogP contribution < -0.4 is 27.4 Å². The van der Waals surface area contributed by atoms with Crippen LogP contribution in [0.15, 0.2) is 24.3 Å². The first-order valence-electron chi connectivity index (χ1n) is 11.4. The summed E-state index contributed by atoms with van der Waals surface area (Å²) in [6.45, 7) is 3.70. The van der Waals surface area contributed by atoms with Crippen LogP contribution in [-0.4, -0.2) is 65.1 Å². The Balaban J connectivity index is 2.80. The minimum absolute atomic E-state index is 0.0509. The van der Waals surface area contributed by atoms with E-state index in [9.17, 15) is 29.4 Å². The number of hydrogen-bond donors (Lipinski definition) is 7. The predicted molar refractivity (Wildman–Crippen MR) is 127 cm³/mol. The van der Waals surface area contributed by atoms with Crippen LogP contribution in [0.5, 0.6) is 5.75 Å². The second kappa shape index (κ2) is 14.9. The Hall–Kier alpha value is -3.18. The van der Waals surface area contributed by atoms with E-state index in [4.69, 9.17) is 11.5 Å². The lowest BCUT2D eigenvalue weighted by atomic mass is 10.0. The number of aliphatic carboxylic acids is 1. The van der Waals surface area contributed by atoms with Gasteiger partial charge >= 0.3 is 5.97 Å². The lowest BCUT2D eigenvalue weighted by Crippen LogP contribution is -2.54. The third-order valence-corrected chi connectivity index (χ3v) is 5.08. The molecule has 0 spiro atoms. The number of amides is 3. The van der Waals surface area contributed by atoms with Gasteiger partial charge in [0.1, 0.15) is 17.8 Å². The zero-order chi connectivity index (χ0) is 25.7. The Bertz CT molecular complexity index is 815. The maximum Gasteiger partial charge on any atom is 0.326 e. The Morgan fingerprint density at radius 2 is 1.62 bits per heavy atom. The maximum atomic E-state index is 12.8. The molecule has 0 aromatic heterocycles. The van der Waals surface area contributed by atoms with Crippen molar-refractivity contribution in [1.82, 2.24) is 16.0 Å². The van der Waals surface area contributed by atoms with Gasteiger partial charge in [0.2, 0.25) is 17.7 Å². The number of nitrogens with two attached hydrogens (primary N) is 2. The topological polar surface area (TPSA) is 197 Å². The molecular formula is C23H37N5O6. The van der Waals surface area contributed by atoms with Gasteiger partial charge < -0.3 is 37.6 Å². The van der Waals surface area contributed by atoms with Crippen molar-refractivity contribution < 1.29 is 29.4 Å². The number of benzene rings is 1. The molecule has 0 aliphatic carbocycles. The average Bonchev–Trinajstić information content (AvgIpc) is 2.77. The smallest absolute Gasteiger partial charge is 0.326 e. The highest BCUT2D eigenvalue weighted by Gasteiger charge is 2.26. The Morgan fingerprint density at radius 3 is 2.18 bits per heavy atom. The maximum absolute atomic E-state index is 12.8. The summed E-state index contributed by atoms with van der Waals surface area (Å²) in [4.78, 5) is 48.9. The fraction of sp³-hybridized carbons (Fsp3) is 0.565. The van der Waals surface area contributed by atoms with Gasteiger partial charge in [-0.15, -0.1) is 0 Å². The summed E-state index contributed by atoms with van der Waals surface area (Å²) in [6.07, 6.45) is 2.14. The van der Waals surface area contributed by atoms with Crippen molar-refractivity contribution in [3.63, 3.8) is 0 Å². The summed E-state index contributed by atoms with van der Waals surface area (Å²) in [6, 6.07) is 3.22. The van der Waals surface area contributed by atoms with E-state index in [1.165, 1.54) is 12.1 Å². The van der Waals surface area contributed by atoms with Gasteiger partial charge in [-0.1, -0.05) is 32.4 Å². The summed E-state index contributed by atoms with van der Waals surface area (Å²) in [5, 5.41) is 26.2. The number of carboxylic acids is 1. The molecule has 3 atom stereocenters. The van der Waals surface area contributed by atoms with Crippen molar-refractivity contribution >= 4 is 23.7 Å². The number of phenols is 1. The predicted octanol–water partition coefficient (Wildman–Crippen LogP) is -0.392. The van der Waals surface area contributed by atoms with E-state index in [0.717, 1.165) is 6.42 Å². The van der Waals surface area contributed by atoms with E-state index in [0.29, 0.717) is 24.9 Å². The van der Waals surface area contributed by atoms with Crippen LogP contribution in [0.3, 0.4) is 0 Å². The van der Waals surface area contributed by atoms with Crippen molar-refractivity contribution in [2.24, 2.45) is 17.4 Å². The zero-order valence-electron chi connectivity index (χ0n) is 19.8. The third-order valence-electron chi connectivity index (χ3n) is 5.08. The van der Waals surface area contributed by atoms with Crippen LogP contribution in [0, 0.1) is 5.92 Å². The van der Waals surface area contributed by atoms with Crippen LogP contribution in [-0.2, 0) is 25.6 Å². The average molecular weight is 480 g/mol. The van der Waals surface area contributed by atoms with Gasteiger partial charge in [0.25, 0.3) is 0 Å². The van der Waals surface area contributed by atoms with Gasteiger partial charge in [-0.3, -0.25) is 14.4 Å². The number of carboxylic acid groups (broad SMARTS) is 1. The minimum atomic E-state index is -1.16. The van der Waals surface area contributed by atoms with Gasteiger partial charge in [0, 0.05) is 6.42 Å². The Kier molecular flexibility index (Phi) is 12.6. The number of carbonyl (C=O) groups is 4. The summed E-state index contributed by atoms with van der Waals surface area (Å²) in [7, 11) is 0. The summed E-state index contributed by atoms with van der Waals surface area (Å²) < 4.78 is 0. The highest BCUT2D eigenvalue weighted by molar-refractivity contribution is 5.92. The first-order valence-corrected chi connectivity index (χ1v) is 11.4. The Labute approximate surface area is 199 Å². The van der Waals surface area contributed by atoms with Crippen molar-refractivity contribution in [2.75, 3.05) is 13.1 Å². The van der Waals surface area contributed by atoms with Crippen LogP contribution in [0.25, 0.3) is 0 Å². The van der Waals surface area contributed by atoms with Gasteiger partial charge in [-0.2, -0.15) is 0 Å². The van der Waals surface area contributed by atoms with E-state index in [-0.39, 0.29) is 24.5 Å². The molecule has 1 aromatic carbocycles. The molecule has 3 amide bonds. The standard InChI is InChI=1S/C23H37N5O6/c1-14(2)11-19(23(33)34)27-20(30)13-26-22(32)18(12-15-6-8-16(29)9-7-15)28-21(31)17(25)5-3-4-10-24/h6-9,14,17-19,29H,3-5,10-13,24-25H2,1-2H3,(H,26,32)(H,27,30)(H,28,31)(H,33,34). The monoisotopic (exact) mass is 479 g/mol. The first kappa shape index (κ1) is 28.9. The molecule has 0 saturated heterocycles. The second-order valence-electron chi connectivity index (χ2n) is 8.63. The number of carbonyl (C=O) groups excluding carboxylic acids is 3. The quantitative estimate of drug-likeness (QED) is 0.165. The minimum Gasteiger partial charge on any atom is -0.508 e. The SMILES string of the molecule is CC(C)CC(NC(=O)CNC(=O)C(Cc1ccc(O)cc1)NC(=O)C(N)CCCCN)C(=O)O. The molecule has 0 aliphatic heterocycles. The van der Waals surface area contributed by atoms with Crippen molar-refractivity contribution in [2.45, 2.75) is 64.1 Å². The van der Waals surface area contributed by atoms with Crippen LogP contribution in [0.2, 0.25) is 0 Å². The second-order valence-corrected chi connectivity index (χ2v) is 8.63. The zero-order valence-corrected chi connectivity index (χ0v) is 19.8. The highest BCUT2D eigenvalue weighted by Crippen LogP contribution is 2.12. The highest BCUT2D eigenvalue weighted by atomic mass is 16.4. The molecule has 190 valence electrons. The fourth-order valence-corrected chi connectivity index (χ4v) is 3.22. The number of phenolic OH excluding ortho intramolecular Hbond substituents is 1. The molecule has 3 unspecified atom stereocenters. The van der Waals surface area contributed by atoms with Gasteiger partial charge in [-0.05, 0) is 49.4 Å². The molecule has 0 fully saturated rings. The number of aromatic hydroxyl groups is 1. The number of rotatable bonds is 15. The molecule has 11 nitrogen and oxygen atoms in total. The normalized spacial score (nSPS) is 13.6. The van der Waals surface area contributed by atoms with Gasteiger partial charge in [-0.25, -0.2) is 4.79 Å². The molecule has 0 radical (unpaired) electrons. The summed E-state index contributed by atoms with van der Waals surface area (Å²) in [5.41, 5.74) is 12.1. The lowest BCUT2D eigenvalue weighted by molar-refractivity contribution is -0.142. The lowest BCUT2D eigenvalue weighted by Gasteiger charge is -2.21. The van der Waals surface area contributed by atoms with E-state index >= 15 is 0 Å². The number of unbranched alkanes of at least 4 members (excludes halogenated alkanes) is 1. The Morgan fingerprint density at radius 1 is 0.971 bits per heavy atom. The van der Waals surface area contributed by atoms with Crippen LogP contribution in [0.1, 0.15) is 45.1 Å². The largest absolute Gasteiger partial charge is 0.508 e. The molecular weight excluding hydrogens is 442 g/mol. The number of nitrogens with one attached hydrogen (secondary N) is 3. The number of hydrogen-bond acceptors (Lipinski definition) is 7. The van der Waals surface area contributed by atoms with Crippen LogP contribution in [0.4, 0.5) is 0 Å². The van der Waals surface area contributed by atoms with Crippen molar-refractivity contribution in [3.8, 4) is 5.75 Å². The van der Waals surface area contributed by atoms with Crippen LogP contribution >= 0.6 is 0 Å². The molecule has 34 heavy (non-hydrogen) atoms. The van der Waals surface area contributed by atoms with Gasteiger partial charge in [0.15, 0.2) is 0 Å². The molecule has 0 aliphatic rings. The molecule has 0 heterocycles. The summed E-state index contributed by atoms with van der Waals surface area (Å²) in [5.74, 6) is -2.84. The summed E-state index contributed by atoms with van der Waals surface area (Å²) >= 11 is 0. The molecule has 1 rings (SSSR count). The molecule has 0 bridgehead atoms. The van der Waals surface area contributed by atoms with E-state index < -0.39 is 48.4 Å². The third kappa shape index (κ3) is 11.1. The molecule has 1 aromatic rings. The van der Waals surface area contributed by atoms with E-state index in [1.807, 2.05) is 13.8 Å². The molecule has 9 N–H and O–H groups in total. The van der Waals surface area contributed by atoms with Crippen molar-refractivity contribution in [3.05, 3.63) is 29.8 Å². The van der Waals surface area contributed by atoms with Gasteiger partial charge in [0.05, 0.1) is 12.6 Å². The fourth-order valence-electron chi connectivity index (χ4n) is 3.22. The van der Waals surface area contributed by atoms with E-state index in [2.05, 4.69) is 16.0 Å². The van der Waals surface area contributed by atoms with Crippen molar-refractivity contribution in [1.29, 1.82) is 0 Å². The molecule has 0 saturated carbocycles. The first-order chi connectivity index (χ1) is 16.0. The van der Waals surface area contributed by atoms with E-state index in [1.54, 1.807) is 12.1 Å². The molecule has 11 heteroatoms.